The molecule has 74 heavy (non-hydrogen) atoms. The van der Waals surface area contributed by atoms with Crippen molar-refractivity contribution in [3.63, 3.8) is 0 Å². The Morgan fingerprint density at radius 3 is 0.878 bits per heavy atom. The summed E-state index contributed by atoms with van der Waals surface area (Å²) in [6.45, 7) is 6.52. The lowest BCUT2D eigenvalue weighted by molar-refractivity contribution is -0.167. The number of esters is 3. The van der Waals surface area contributed by atoms with Gasteiger partial charge in [-0.3, -0.25) is 14.4 Å². The largest absolute Gasteiger partial charge is 0.462 e. The highest BCUT2D eigenvalue weighted by atomic mass is 16.6. The number of carbonyl (C=O) groups is 3. The Hall–Kier alpha value is -3.15. The average molecular weight is 1030 g/mol. The van der Waals surface area contributed by atoms with Crippen molar-refractivity contribution in [1.82, 2.24) is 0 Å². The molecule has 0 aromatic rings. The van der Waals surface area contributed by atoms with Crippen LogP contribution < -0.4 is 0 Å². The Kier molecular flexibility index (Phi) is 59.7. The van der Waals surface area contributed by atoms with Gasteiger partial charge in [0, 0.05) is 19.3 Å². The molecule has 428 valence electrons. The third-order valence-electron chi connectivity index (χ3n) is 13.9. The number of allylic oxidation sites excluding steroid dienone is 12. The summed E-state index contributed by atoms with van der Waals surface area (Å²) in [5.74, 6) is -0.878. The third kappa shape index (κ3) is 59.7. The van der Waals surface area contributed by atoms with Gasteiger partial charge in [-0.05, 0) is 83.5 Å². The summed E-state index contributed by atoms with van der Waals surface area (Å²) in [5.41, 5.74) is 0. The van der Waals surface area contributed by atoms with Gasteiger partial charge < -0.3 is 14.2 Å². The van der Waals surface area contributed by atoms with Gasteiger partial charge in [-0.2, -0.15) is 0 Å². The van der Waals surface area contributed by atoms with E-state index in [-0.39, 0.29) is 31.1 Å². The summed E-state index contributed by atoms with van der Waals surface area (Å²) in [5, 5.41) is 0. The minimum Gasteiger partial charge on any atom is -0.462 e. The summed E-state index contributed by atoms with van der Waals surface area (Å²) < 4.78 is 16.9. The van der Waals surface area contributed by atoms with Crippen LogP contribution in [0.2, 0.25) is 0 Å². The van der Waals surface area contributed by atoms with Crippen LogP contribution >= 0.6 is 0 Å². The van der Waals surface area contributed by atoms with Gasteiger partial charge >= 0.3 is 17.9 Å². The number of carbonyl (C=O) groups excluding carboxylic acids is 3. The van der Waals surface area contributed by atoms with Crippen molar-refractivity contribution >= 4 is 17.9 Å². The van der Waals surface area contributed by atoms with E-state index in [1.807, 2.05) is 0 Å². The fraction of sp³-hybridized carbons (Fsp3) is 0.779. The van der Waals surface area contributed by atoms with Gasteiger partial charge in [-0.25, -0.2) is 0 Å². The minimum atomic E-state index is -0.780. The maximum Gasteiger partial charge on any atom is 0.306 e. The zero-order valence-corrected chi connectivity index (χ0v) is 49.1. The second-order valence-electron chi connectivity index (χ2n) is 21.3. The van der Waals surface area contributed by atoms with Crippen molar-refractivity contribution in [2.45, 2.75) is 329 Å². The molecule has 6 nitrogen and oxygen atoms in total. The van der Waals surface area contributed by atoms with E-state index < -0.39 is 6.10 Å². The minimum absolute atomic E-state index is 0.0783. The first kappa shape index (κ1) is 70.8. The van der Waals surface area contributed by atoms with E-state index in [0.29, 0.717) is 19.3 Å². The number of ether oxygens (including phenoxy) is 3. The third-order valence-corrected chi connectivity index (χ3v) is 13.9. The van der Waals surface area contributed by atoms with Gasteiger partial charge in [-0.1, -0.05) is 293 Å². The zero-order chi connectivity index (χ0) is 53.6. The molecule has 0 saturated heterocycles. The van der Waals surface area contributed by atoms with Crippen molar-refractivity contribution in [3.8, 4) is 0 Å². The predicted molar refractivity (Wildman–Crippen MR) is 321 cm³/mol. The van der Waals surface area contributed by atoms with Crippen molar-refractivity contribution in [2.75, 3.05) is 13.2 Å². The van der Waals surface area contributed by atoms with Crippen LogP contribution in [0.3, 0.4) is 0 Å². The Morgan fingerprint density at radius 2 is 0.541 bits per heavy atom. The molecular weight excluding hydrogens is 913 g/mol. The Balaban J connectivity index is 4.27. The lowest BCUT2D eigenvalue weighted by Gasteiger charge is -2.18. The Morgan fingerprint density at radius 1 is 0.284 bits per heavy atom. The molecule has 0 saturated carbocycles. The van der Waals surface area contributed by atoms with Crippen LogP contribution in [0.25, 0.3) is 0 Å². The molecule has 0 N–H and O–H groups in total. The summed E-state index contributed by atoms with van der Waals surface area (Å²) in [4.78, 5) is 38.2. The second-order valence-corrected chi connectivity index (χ2v) is 21.3. The van der Waals surface area contributed by atoms with Crippen LogP contribution in [0.15, 0.2) is 72.9 Å². The van der Waals surface area contributed by atoms with Crippen LogP contribution in [0.1, 0.15) is 323 Å². The van der Waals surface area contributed by atoms with Crippen molar-refractivity contribution < 1.29 is 28.6 Å². The second kappa shape index (κ2) is 62.4. The summed E-state index contributed by atoms with van der Waals surface area (Å²) in [6, 6.07) is 0. The first-order valence-electron chi connectivity index (χ1n) is 31.9. The fourth-order valence-corrected chi connectivity index (χ4v) is 9.16. The van der Waals surface area contributed by atoms with Crippen molar-refractivity contribution in [1.29, 1.82) is 0 Å². The Bertz CT molecular complexity index is 1370. The molecule has 0 aliphatic heterocycles. The van der Waals surface area contributed by atoms with Crippen LogP contribution in [-0.4, -0.2) is 37.2 Å². The highest BCUT2D eigenvalue weighted by molar-refractivity contribution is 5.71. The first-order chi connectivity index (χ1) is 36.5. The molecule has 0 aliphatic carbocycles. The topological polar surface area (TPSA) is 78.9 Å². The smallest absolute Gasteiger partial charge is 0.306 e. The van der Waals surface area contributed by atoms with Gasteiger partial charge in [0.15, 0.2) is 6.10 Å². The standard InChI is InChI=1S/C68H120O6/c1-4-7-10-13-16-19-22-24-26-28-30-32-33-34-35-36-38-39-41-43-46-49-52-55-58-61-67(70)73-64-65(63-72-66(69)60-57-54-51-48-45-21-18-15-12-9-6-3)74-68(71)62-59-56-53-50-47-44-42-40-37-31-29-27-25-23-20-17-14-11-8-5-2/h7,10,15-16,18-19,24,26,30,32,34-35,65H,4-6,8-9,11-14,17,20-23,25,27-29,31,33,36-64H2,1-3H3/b10-7-,18-15-,19-16-,26-24-,32-30-,35-34-. The molecule has 0 fully saturated rings. The SMILES string of the molecule is CC/C=C\C/C=C\C/C=C\C/C=C\C/C=C\CCCCCCCCCCCC(=O)OCC(COC(=O)CCCCCCC/C=C\CCCC)OC(=O)CCCCCCCCCCCCCCCCCCCCCC. The molecule has 0 aromatic carbocycles. The van der Waals surface area contributed by atoms with E-state index in [0.717, 1.165) is 103 Å². The zero-order valence-electron chi connectivity index (χ0n) is 49.1. The van der Waals surface area contributed by atoms with Gasteiger partial charge in [0.1, 0.15) is 13.2 Å². The number of hydrogen-bond acceptors (Lipinski definition) is 6. The molecule has 0 aromatic heterocycles. The van der Waals surface area contributed by atoms with Gasteiger partial charge in [-0.15, -0.1) is 0 Å². The molecular formula is C68H120O6. The maximum atomic E-state index is 12.9. The lowest BCUT2D eigenvalue weighted by Crippen LogP contribution is -2.30. The van der Waals surface area contributed by atoms with Crippen LogP contribution in [0, 0.1) is 0 Å². The van der Waals surface area contributed by atoms with Crippen LogP contribution in [0.4, 0.5) is 0 Å². The molecule has 0 aliphatic rings. The van der Waals surface area contributed by atoms with Gasteiger partial charge in [0.2, 0.25) is 0 Å². The fourth-order valence-electron chi connectivity index (χ4n) is 9.16. The first-order valence-corrected chi connectivity index (χ1v) is 31.9. The molecule has 1 atom stereocenters. The molecule has 0 heterocycles. The summed E-state index contributed by atoms with van der Waals surface area (Å²) >= 11 is 0. The molecule has 1 unspecified atom stereocenters. The van der Waals surface area contributed by atoms with Crippen molar-refractivity contribution in [3.05, 3.63) is 72.9 Å². The molecule has 0 bridgehead atoms. The van der Waals surface area contributed by atoms with E-state index in [2.05, 4.69) is 93.7 Å². The van der Waals surface area contributed by atoms with E-state index in [1.54, 1.807) is 0 Å². The van der Waals surface area contributed by atoms with Crippen LogP contribution in [-0.2, 0) is 28.6 Å². The molecule has 6 heteroatoms. The molecule has 0 amide bonds. The number of unbranched alkanes of at least 4 members (excludes halogenated alkanes) is 35. The summed E-state index contributed by atoms with van der Waals surface area (Å²) in [7, 11) is 0. The van der Waals surface area contributed by atoms with E-state index >= 15 is 0 Å². The van der Waals surface area contributed by atoms with Gasteiger partial charge in [0.05, 0.1) is 0 Å². The highest BCUT2D eigenvalue weighted by Gasteiger charge is 2.19. The van der Waals surface area contributed by atoms with E-state index in [9.17, 15) is 14.4 Å². The average Bonchev–Trinajstić information content (AvgIpc) is 3.40. The van der Waals surface area contributed by atoms with Gasteiger partial charge in [0.25, 0.3) is 0 Å². The predicted octanol–water partition coefficient (Wildman–Crippen LogP) is 21.7. The number of hydrogen-bond donors (Lipinski definition) is 0. The normalized spacial score (nSPS) is 12.5. The maximum absolute atomic E-state index is 12.9. The quantitative estimate of drug-likeness (QED) is 0.0261. The highest BCUT2D eigenvalue weighted by Crippen LogP contribution is 2.17. The number of rotatable bonds is 58. The Labute approximate surface area is 459 Å². The summed E-state index contributed by atoms with van der Waals surface area (Å²) in [6.07, 6.45) is 80.5. The monoisotopic (exact) mass is 1030 g/mol. The molecule has 0 radical (unpaired) electrons. The van der Waals surface area contributed by atoms with E-state index in [4.69, 9.17) is 14.2 Å². The van der Waals surface area contributed by atoms with Crippen molar-refractivity contribution in [2.24, 2.45) is 0 Å². The molecule has 0 rings (SSSR count). The lowest BCUT2D eigenvalue weighted by atomic mass is 10.0. The van der Waals surface area contributed by atoms with Crippen LogP contribution in [0.5, 0.6) is 0 Å². The molecule has 0 spiro atoms. The van der Waals surface area contributed by atoms with E-state index in [1.165, 1.54) is 180 Å².